The Bertz CT molecular complexity index is 275. The minimum absolute atomic E-state index is 0.270. The summed E-state index contributed by atoms with van der Waals surface area (Å²) in [4.78, 5) is 1.48. The number of hydrogen-bond acceptors (Lipinski definition) is 2. The van der Waals surface area contributed by atoms with Crippen LogP contribution in [-0.4, -0.2) is 13.1 Å². The molecule has 16 heavy (non-hydrogen) atoms. The summed E-state index contributed by atoms with van der Waals surface area (Å²) in [5, 5.41) is 5.74. The van der Waals surface area contributed by atoms with Crippen molar-refractivity contribution in [2.75, 3.05) is 13.1 Å². The molecule has 0 unspecified atom stereocenters. The Morgan fingerprint density at radius 2 is 2.12 bits per heavy atom. The van der Waals surface area contributed by atoms with Crippen LogP contribution in [-0.2, 0) is 5.41 Å². The van der Waals surface area contributed by atoms with E-state index in [0.29, 0.717) is 0 Å². The standard InChI is InChI=1S/C14H25NS/c1-12(2)7-5-9-15-11-14(3,4)13-8-6-10-16-13/h6,8,10,12,15H,5,7,9,11H2,1-4H3. The second-order valence-electron chi connectivity index (χ2n) is 5.57. The van der Waals surface area contributed by atoms with E-state index < -0.39 is 0 Å². The van der Waals surface area contributed by atoms with Gasteiger partial charge in [-0.2, -0.15) is 0 Å². The Morgan fingerprint density at radius 1 is 1.38 bits per heavy atom. The molecule has 0 amide bonds. The fraction of sp³-hybridized carbons (Fsp3) is 0.714. The van der Waals surface area contributed by atoms with Crippen molar-refractivity contribution < 1.29 is 0 Å². The quantitative estimate of drug-likeness (QED) is 0.708. The summed E-state index contributed by atoms with van der Waals surface area (Å²) in [6.45, 7) is 11.4. The first kappa shape index (κ1) is 13.7. The first-order chi connectivity index (χ1) is 7.52. The summed E-state index contributed by atoms with van der Waals surface area (Å²) in [7, 11) is 0. The fourth-order valence-corrected chi connectivity index (χ4v) is 2.64. The van der Waals surface area contributed by atoms with E-state index in [-0.39, 0.29) is 5.41 Å². The van der Waals surface area contributed by atoms with Crippen LogP contribution in [0.15, 0.2) is 17.5 Å². The van der Waals surface area contributed by atoms with Gasteiger partial charge in [-0.15, -0.1) is 11.3 Å². The molecule has 92 valence electrons. The molecule has 1 aromatic heterocycles. The Hall–Kier alpha value is -0.340. The molecule has 0 saturated carbocycles. The average Bonchev–Trinajstić information content (AvgIpc) is 2.69. The fourth-order valence-electron chi connectivity index (χ4n) is 1.79. The largest absolute Gasteiger partial charge is 0.316 e. The van der Waals surface area contributed by atoms with Gasteiger partial charge in [0, 0.05) is 16.8 Å². The third-order valence-corrected chi connectivity index (χ3v) is 4.13. The Morgan fingerprint density at radius 3 is 2.69 bits per heavy atom. The van der Waals surface area contributed by atoms with Gasteiger partial charge in [-0.05, 0) is 36.8 Å². The van der Waals surface area contributed by atoms with Gasteiger partial charge >= 0.3 is 0 Å². The normalized spacial score (nSPS) is 12.3. The molecule has 1 heterocycles. The van der Waals surface area contributed by atoms with Crippen molar-refractivity contribution in [3.63, 3.8) is 0 Å². The lowest BCUT2D eigenvalue weighted by Gasteiger charge is -2.23. The molecule has 0 aliphatic rings. The molecule has 0 aromatic carbocycles. The summed E-state index contributed by atoms with van der Waals surface area (Å²) < 4.78 is 0. The van der Waals surface area contributed by atoms with Crippen LogP contribution in [0.3, 0.4) is 0 Å². The van der Waals surface area contributed by atoms with Crippen LogP contribution in [0.4, 0.5) is 0 Å². The molecule has 0 aliphatic heterocycles. The van der Waals surface area contributed by atoms with E-state index in [1.807, 2.05) is 11.3 Å². The first-order valence-corrected chi connectivity index (χ1v) is 7.15. The number of thiophene rings is 1. The average molecular weight is 239 g/mol. The predicted molar refractivity (Wildman–Crippen MR) is 74.3 cm³/mol. The van der Waals surface area contributed by atoms with Crippen molar-refractivity contribution >= 4 is 11.3 Å². The highest BCUT2D eigenvalue weighted by molar-refractivity contribution is 7.10. The summed E-state index contributed by atoms with van der Waals surface area (Å²) in [5.41, 5.74) is 0.270. The summed E-state index contributed by atoms with van der Waals surface area (Å²) in [6, 6.07) is 4.38. The van der Waals surface area contributed by atoms with Gasteiger partial charge in [0.2, 0.25) is 0 Å². The van der Waals surface area contributed by atoms with Gasteiger partial charge in [0.25, 0.3) is 0 Å². The maximum absolute atomic E-state index is 3.58. The Balaban J connectivity index is 2.22. The van der Waals surface area contributed by atoms with E-state index in [9.17, 15) is 0 Å². The first-order valence-electron chi connectivity index (χ1n) is 6.27. The molecule has 0 spiro atoms. The van der Waals surface area contributed by atoms with Crippen molar-refractivity contribution in [1.29, 1.82) is 0 Å². The Kier molecular flexibility index (Phi) is 5.50. The summed E-state index contributed by atoms with van der Waals surface area (Å²) in [5.74, 6) is 0.826. The van der Waals surface area contributed by atoms with E-state index in [0.717, 1.165) is 19.0 Å². The van der Waals surface area contributed by atoms with Gasteiger partial charge in [-0.3, -0.25) is 0 Å². The second kappa shape index (κ2) is 6.41. The van der Waals surface area contributed by atoms with E-state index in [1.165, 1.54) is 17.7 Å². The molecule has 1 N–H and O–H groups in total. The van der Waals surface area contributed by atoms with Crippen molar-refractivity contribution in [2.45, 2.75) is 46.0 Å². The van der Waals surface area contributed by atoms with Crippen LogP contribution in [0.2, 0.25) is 0 Å². The molecule has 0 atom stereocenters. The van der Waals surface area contributed by atoms with Gasteiger partial charge in [0.1, 0.15) is 0 Å². The van der Waals surface area contributed by atoms with Gasteiger partial charge < -0.3 is 5.32 Å². The molecule has 1 aromatic rings. The van der Waals surface area contributed by atoms with Crippen molar-refractivity contribution in [3.05, 3.63) is 22.4 Å². The monoisotopic (exact) mass is 239 g/mol. The molecule has 0 fully saturated rings. The van der Waals surface area contributed by atoms with Crippen LogP contribution in [0, 0.1) is 5.92 Å². The SMILES string of the molecule is CC(C)CCCNCC(C)(C)c1cccs1. The lowest BCUT2D eigenvalue weighted by Crippen LogP contribution is -2.32. The summed E-state index contributed by atoms with van der Waals surface area (Å²) in [6.07, 6.45) is 2.62. The van der Waals surface area contributed by atoms with Crippen LogP contribution < -0.4 is 5.32 Å². The third-order valence-electron chi connectivity index (χ3n) is 2.89. The highest BCUT2D eigenvalue weighted by Crippen LogP contribution is 2.26. The second-order valence-corrected chi connectivity index (χ2v) is 6.52. The number of hydrogen-bond donors (Lipinski definition) is 1. The highest BCUT2D eigenvalue weighted by Gasteiger charge is 2.20. The third kappa shape index (κ3) is 4.67. The zero-order chi connectivity index (χ0) is 12.0. The molecule has 1 rings (SSSR count). The number of nitrogens with one attached hydrogen (secondary N) is 1. The molecule has 0 aliphatic carbocycles. The lowest BCUT2D eigenvalue weighted by atomic mass is 9.91. The maximum atomic E-state index is 3.58. The molecule has 1 nitrogen and oxygen atoms in total. The maximum Gasteiger partial charge on any atom is 0.0115 e. The van der Waals surface area contributed by atoms with Crippen LogP contribution in [0.25, 0.3) is 0 Å². The summed E-state index contributed by atoms with van der Waals surface area (Å²) >= 11 is 1.86. The zero-order valence-electron chi connectivity index (χ0n) is 11.0. The van der Waals surface area contributed by atoms with Gasteiger partial charge in [-0.1, -0.05) is 33.8 Å². The topological polar surface area (TPSA) is 12.0 Å². The van der Waals surface area contributed by atoms with Gasteiger partial charge in [-0.25, -0.2) is 0 Å². The zero-order valence-corrected chi connectivity index (χ0v) is 11.9. The molecule has 0 bridgehead atoms. The van der Waals surface area contributed by atoms with Crippen molar-refractivity contribution in [1.82, 2.24) is 5.32 Å². The van der Waals surface area contributed by atoms with Gasteiger partial charge in [0.05, 0.1) is 0 Å². The van der Waals surface area contributed by atoms with E-state index >= 15 is 0 Å². The predicted octanol–water partition coefficient (Wildman–Crippen LogP) is 4.05. The Labute approximate surface area is 104 Å². The van der Waals surface area contributed by atoms with Crippen LogP contribution in [0.1, 0.15) is 45.4 Å². The smallest absolute Gasteiger partial charge is 0.0115 e. The van der Waals surface area contributed by atoms with Gasteiger partial charge in [0.15, 0.2) is 0 Å². The van der Waals surface area contributed by atoms with E-state index in [4.69, 9.17) is 0 Å². The van der Waals surface area contributed by atoms with Crippen LogP contribution >= 0.6 is 11.3 Å². The minimum atomic E-state index is 0.270. The minimum Gasteiger partial charge on any atom is -0.316 e. The number of rotatable bonds is 7. The molecule has 0 saturated heterocycles. The molecular weight excluding hydrogens is 214 g/mol. The van der Waals surface area contributed by atoms with E-state index in [2.05, 4.69) is 50.5 Å². The van der Waals surface area contributed by atoms with Crippen LogP contribution in [0.5, 0.6) is 0 Å². The van der Waals surface area contributed by atoms with Crippen molar-refractivity contribution in [2.24, 2.45) is 5.92 Å². The van der Waals surface area contributed by atoms with Crippen molar-refractivity contribution in [3.8, 4) is 0 Å². The molecular formula is C14H25NS. The lowest BCUT2D eigenvalue weighted by molar-refractivity contribution is 0.456. The molecule has 0 radical (unpaired) electrons. The highest BCUT2D eigenvalue weighted by atomic mass is 32.1. The molecule has 2 heteroatoms. The van der Waals surface area contributed by atoms with E-state index in [1.54, 1.807) is 0 Å².